The van der Waals surface area contributed by atoms with E-state index in [9.17, 15) is 9.18 Å². The Bertz CT molecular complexity index is 670. The van der Waals surface area contributed by atoms with E-state index >= 15 is 0 Å². The molecule has 1 aromatic heterocycles. The molecule has 0 spiro atoms. The van der Waals surface area contributed by atoms with Crippen molar-refractivity contribution in [2.24, 2.45) is 5.73 Å². The smallest absolute Gasteiger partial charge is 0.234 e. The van der Waals surface area contributed by atoms with E-state index in [-0.39, 0.29) is 13.0 Å². The van der Waals surface area contributed by atoms with Gasteiger partial charge in [-0.3, -0.25) is 14.3 Å². The molecule has 2 aromatic rings. The van der Waals surface area contributed by atoms with Crippen LogP contribution in [0.25, 0.3) is 5.69 Å². The third kappa shape index (κ3) is 2.74. The molecule has 0 saturated carbocycles. The first-order chi connectivity index (χ1) is 10.6. The van der Waals surface area contributed by atoms with Crippen molar-refractivity contribution >= 4 is 5.91 Å². The number of rotatable bonds is 4. The first-order valence-electron chi connectivity index (χ1n) is 7.32. The van der Waals surface area contributed by atoms with Gasteiger partial charge in [0.15, 0.2) is 0 Å². The third-order valence-electron chi connectivity index (χ3n) is 4.07. The Kier molecular flexibility index (Phi) is 3.94. The molecule has 116 valence electrons. The van der Waals surface area contributed by atoms with Crippen molar-refractivity contribution in [1.29, 1.82) is 0 Å². The molecule has 1 amide bonds. The predicted molar refractivity (Wildman–Crippen MR) is 81.2 cm³/mol. The standard InChI is InChI=1S/C16H19FN4O/c1-11-19-8-14(21(11)13-5-3-2-4-6-13)10-20-9-12(17)7-15(20)16(18)22/h2-6,8,12,15H,7,9-10H2,1H3,(H2,18,22)/t12-,15+/m1/s1. The third-order valence-corrected chi connectivity index (χ3v) is 4.07. The molecule has 1 aromatic carbocycles. The van der Waals surface area contributed by atoms with Gasteiger partial charge in [-0.05, 0) is 19.1 Å². The van der Waals surface area contributed by atoms with E-state index in [1.165, 1.54) is 0 Å². The van der Waals surface area contributed by atoms with Crippen LogP contribution < -0.4 is 5.73 Å². The van der Waals surface area contributed by atoms with E-state index in [2.05, 4.69) is 4.98 Å². The molecule has 1 saturated heterocycles. The fourth-order valence-electron chi connectivity index (χ4n) is 3.06. The van der Waals surface area contributed by atoms with Crippen molar-refractivity contribution in [3.63, 3.8) is 0 Å². The number of amides is 1. The van der Waals surface area contributed by atoms with Crippen molar-refractivity contribution < 1.29 is 9.18 Å². The van der Waals surface area contributed by atoms with Crippen LogP contribution in [0.4, 0.5) is 4.39 Å². The van der Waals surface area contributed by atoms with Gasteiger partial charge < -0.3 is 5.73 Å². The van der Waals surface area contributed by atoms with Crippen molar-refractivity contribution in [3.8, 4) is 5.69 Å². The molecule has 2 N–H and O–H groups in total. The zero-order chi connectivity index (χ0) is 15.7. The molecule has 6 heteroatoms. The van der Waals surface area contributed by atoms with Crippen LogP contribution in [-0.4, -0.2) is 39.1 Å². The normalized spacial score (nSPS) is 22.1. The van der Waals surface area contributed by atoms with Crippen LogP contribution in [0.15, 0.2) is 36.5 Å². The molecule has 5 nitrogen and oxygen atoms in total. The molecule has 0 bridgehead atoms. The molecule has 0 radical (unpaired) electrons. The number of carbonyl (C=O) groups excluding carboxylic acids is 1. The second kappa shape index (κ2) is 5.88. The SMILES string of the molecule is Cc1ncc(CN2C[C@H](F)C[C@H]2C(N)=O)n1-c1ccccc1. The second-order valence-corrected chi connectivity index (χ2v) is 5.65. The summed E-state index contributed by atoms with van der Waals surface area (Å²) in [6, 6.07) is 9.30. The topological polar surface area (TPSA) is 64.2 Å². The van der Waals surface area contributed by atoms with Crippen molar-refractivity contribution in [2.75, 3.05) is 6.54 Å². The number of halogens is 1. The lowest BCUT2D eigenvalue weighted by atomic mass is 10.2. The fraction of sp³-hybridized carbons (Fsp3) is 0.375. The first kappa shape index (κ1) is 14.7. The highest BCUT2D eigenvalue weighted by molar-refractivity contribution is 5.80. The van der Waals surface area contributed by atoms with E-state index in [1.807, 2.05) is 41.8 Å². The summed E-state index contributed by atoms with van der Waals surface area (Å²) in [5.41, 5.74) is 7.31. The number of likely N-dealkylation sites (tertiary alicyclic amines) is 1. The van der Waals surface area contributed by atoms with Gasteiger partial charge in [0.1, 0.15) is 12.0 Å². The summed E-state index contributed by atoms with van der Waals surface area (Å²) in [6.45, 7) is 2.60. The minimum absolute atomic E-state index is 0.174. The number of carbonyl (C=O) groups is 1. The zero-order valence-electron chi connectivity index (χ0n) is 12.4. The summed E-state index contributed by atoms with van der Waals surface area (Å²) in [6.07, 6.45) is 0.936. The minimum Gasteiger partial charge on any atom is -0.368 e. The molecule has 2 heterocycles. The molecule has 0 unspecified atom stereocenters. The Morgan fingerprint density at radius 2 is 2.14 bits per heavy atom. The van der Waals surface area contributed by atoms with Gasteiger partial charge in [0, 0.05) is 25.2 Å². The van der Waals surface area contributed by atoms with E-state index in [0.717, 1.165) is 17.2 Å². The minimum atomic E-state index is -1.01. The van der Waals surface area contributed by atoms with Crippen LogP contribution >= 0.6 is 0 Å². The lowest BCUT2D eigenvalue weighted by Gasteiger charge is -2.22. The quantitative estimate of drug-likeness (QED) is 0.932. The zero-order valence-corrected chi connectivity index (χ0v) is 12.4. The van der Waals surface area contributed by atoms with Gasteiger partial charge in [0.25, 0.3) is 0 Å². The maximum atomic E-state index is 13.6. The summed E-state index contributed by atoms with van der Waals surface area (Å²) in [4.78, 5) is 17.6. The van der Waals surface area contributed by atoms with Gasteiger partial charge in [0.2, 0.25) is 5.91 Å². The first-order valence-corrected chi connectivity index (χ1v) is 7.32. The average molecular weight is 302 g/mol. The lowest BCUT2D eigenvalue weighted by Crippen LogP contribution is -2.40. The Labute approximate surface area is 128 Å². The summed E-state index contributed by atoms with van der Waals surface area (Å²) >= 11 is 0. The summed E-state index contributed by atoms with van der Waals surface area (Å²) < 4.78 is 15.7. The van der Waals surface area contributed by atoms with Crippen LogP contribution in [0.1, 0.15) is 17.9 Å². The predicted octanol–water partition coefficient (Wildman–Crippen LogP) is 1.58. The highest BCUT2D eigenvalue weighted by atomic mass is 19.1. The summed E-state index contributed by atoms with van der Waals surface area (Å²) in [5.74, 6) is 0.385. The molecular formula is C16H19FN4O. The molecule has 0 aliphatic carbocycles. The van der Waals surface area contributed by atoms with Crippen molar-refractivity contribution in [1.82, 2.24) is 14.5 Å². The number of aryl methyl sites for hydroxylation is 1. The second-order valence-electron chi connectivity index (χ2n) is 5.65. The van der Waals surface area contributed by atoms with Gasteiger partial charge in [-0.15, -0.1) is 0 Å². The van der Waals surface area contributed by atoms with Gasteiger partial charge in [-0.2, -0.15) is 0 Å². The molecule has 1 aliphatic heterocycles. The Morgan fingerprint density at radius 3 is 2.82 bits per heavy atom. The van der Waals surface area contributed by atoms with Gasteiger partial charge >= 0.3 is 0 Å². The molecule has 3 rings (SSSR count). The number of para-hydroxylation sites is 1. The Morgan fingerprint density at radius 1 is 1.41 bits per heavy atom. The van der Waals surface area contributed by atoms with Gasteiger partial charge in [0.05, 0.1) is 17.9 Å². The molecule has 1 fully saturated rings. The van der Waals surface area contributed by atoms with Gasteiger partial charge in [-0.1, -0.05) is 18.2 Å². The van der Waals surface area contributed by atoms with Crippen LogP contribution in [-0.2, 0) is 11.3 Å². The molecule has 1 aliphatic rings. The van der Waals surface area contributed by atoms with Gasteiger partial charge in [-0.25, -0.2) is 9.37 Å². The lowest BCUT2D eigenvalue weighted by molar-refractivity contribution is -0.122. The van der Waals surface area contributed by atoms with Crippen molar-refractivity contribution in [3.05, 3.63) is 48.0 Å². The number of benzene rings is 1. The van der Waals surface area contributed by atoms with Crippen LogP contribution in [0.5, 0.6) is 0 Å². The van der Waals surface area contributed by atoms with E-state index in [1.54, 1.807) is 11.1 Å². The van der Waals surface area contributed by atoms with E-state index in [0.29, 0.717) is 6.54 Å². The number of alkyl halides is 1. The van der Waals surface area contributed by atoms with Crippen molar-refractivity contribution in [2.45, 2.75) is 32.1 Å². The maximum absolute atomic E-state index is 13.6. The number of nitrogens with zero attached hydrogens (tertiary/aromatic N) is 3. The Balaban J connectivity index is 1.89. The number of primary amides is 1. The maximum Gasteiger partial charge on any atom is 0.234 e. The molecule has 22 heavy (non-hydrogen) atoms. The fourth-order valence-corrected chi connectivity index (χ4v) is 3.06. The van der Waals surface area contributed by atoms with Crippen LogP contribution in [0.3, 0.4) is 0 Å². The number of imidazole rings is 1. The molecular weight excluding hydrogens is 283 g/mol. The van der Waals surface area contributed by atoms with Crippen LogP contribution in [0.2, 0.25) is 0 Å². The largest absolute Gasteiger partial charge is 0.368 e. The number of nitrogens with two attached hydrogens (primary N) is 1. The number of hydrogen-bond acceptors (Lipinski definition) is 3. The number of hydrogen-bond donors (Lipinski definition) is 1. The highest BCUT2D eigenvalue weighted by Gasteiger charge is 2.36. The summed E-state index contributed by atoms with van der Waals surface area (Å²) in [7, 11) is 0. The number of aromatic nitrogens is 2. The van der Waals surface area contributed by atoms with Crippen LogP contribution in [0, 0.1) is 6.92 Å². The monoisotopic (exact) mass is 302 g/mol. The average Bonchev–Trinajstić information content (AvgIpc) is 3.03. The summed E-state index contributed by atoms with van der Waals surface area (Å²) in [5, 5.41) is 0. The Hall–Kier alpha value is -2.21. The van der Waals surface area contributed by atoms with E-state index < -0.39 is 18.1 Å². The van der Waals surface area contributed by atoms with E-state index in [4.69, 9.17) is 5.73 Å². The highest BCUT2D eigenvalue weighted by Crippen LogP contribution is 2.24. The molecule has 2 atom stereocenters.